The van der Waals surface area contributed by atoms with Crippen molar-refractivity contribution in [2.45, 2.75) is 81.9 Å². The third-order valence-electron chi connectivity index (χ3n) is 8.09. The zero-order valence-corrected chi connectivity index (χ0v) is 18.7. The Morgan fingerprint density at radius 2 is 1.41 bits per heavy atom. The van der Waals surface area contributed by atoms with Crippen molar-refractivity contribution in [2.75, 3.05) is 7.11 Å². The molecule has 0 aromatic heterocycles. The van der Waals surface area contributed by atoms with Crippen molar-refractivity contribution >= 4 is 12.7 Å². The number of fused-ring (bicyclic) bond motifs is 2. The molecule has 2 nitrogen and oxygen atoms in total. The van der Waals surface area contributed by atoms with Crippen LogP contribution in [-0.2, 0) is 4.57 Å². The van der Waals surface area contributed by atoms with Crippen LogP contribution in [0.3, 0.4) is 0 Å². The Balaban J connectivity index is 1.68. The first-order valence-corrected chi connectivity index (χ1v) is 13.7. The molecule has 0 radical (unpaired) electrons. The van der Waals surface area contributed by atoms with Gasteiger partial charge < -0.3 is 9.30 Å². The molecule has 2 unspecified atom stereocenters. The number of allylic oxidation sites excluding steroid dienone is 4. The molecule has 2 saturated carbocycles. The van der Waals surface area contributed by atoms with Crippen molar-refractivity contribution in [1.82, 2.24) is 0 Å². The van der Waals surface area contributed by atoms with E-state index in [1.165, 1.54) is 80.7 Å². The molecule has 2 atom stereocenters. The van der Waals surface area contributed by atoms with Crippen LogP contribution in [0.15, 0.2) is 41.7 Å². The average molecular weight is 411 g/mol. The highest BCUT2D eigenvalue weighted by Crippen LogP contribution is 2.74. The number of para-hydroxylation sites is 1. The Bertz CT molecular complexity index is 833. The molecule has 2 bridgehead atoms. The van der Waals surface area contributed by atoms with Crippen molar-refractivity contribution in [1.29, 1.82) is 0 Å². The fraction of sp³-hybridized carbons (Fsp3) is 0.615. The van der Waals surface area contributed by atoms with Crippen LogP contribution in [0.5, 0.6) is 5.75 Å². The molecule has 0 aliphatic heterocycles. The first-order valence-electron chi connectivity index (χ1n) is 11.9. The first-order chi connectivity index (χ1) is 14.2. The Hall–Kier alpha value is -1.27. The van der Waals surface area contributed by atoms with E-state index in [-0.39, 0.29) is 0 Å². The Morgan fingerprint density at radius 1 is 0.828 bits per heavy atom. The summed E-state index contributed by atoms with van der Waals surface area (Å²) in [5, 5.41) is 1.38. The lowest BCUT2D eigenvalue weighted by Gasteiger charge is -2.41. The van der Waals surface area contributed by atoms with Gasteiger partial charge in [0.15, 0.2) is 0 Å². The fourth-order valence-electron chi connectivity index (χ4n) is 6.78. The molecule has 0 amide bonds. The molecule has 0 saturated heterocycles. The van der Waals surface area contributed by atoms with E-state index in [0.717, 1.165) is 12.2 Å². The Labute approximate surface area is 176 Å². The lowest BCUT2D eigenvalue weighted by molar-refractivity contribution is 0.413. The molecule has 1 aromatic carbocycles. The minimum atomic E-state index is -2.44. The van der Waals surface area contributed by atoms with Crippen LogP contribution < -0.4 is 4.74 Å². The van der Waals surface area contributed by atoms with E-state index >= 15 is 4.57 Å². The first kappa shape index (κ1) is 19.7. The molecular formula is C26H35O2P. The maximum atomic E-state index is 15.4. The van der Waals surface area contributed by atoms with Gasteiger partial charge in [-0.25, -0.2) is 0 Å². The monoisotopic (exact) mass is 410 g/mol. The average Bonchev–Trinajstić information content (AvgIpc) is 3.42. The van der Waals surface area contributed by atoms with Gasteiger partial charge in [0.05, 0.1) is 7.11 Å². The number of ether oxygens (including phenoxy) is 1. The highest BCUT2D eigenvalue weighted by atomic mass is 31.2. The van der Waals surface area contributed by atoms with Gasteiger partial charge in [-0.1, -0.05) is 68.9 Å². The maximum absolute atomic E-state index is 15.4. The van der Waals surface area contributed by atoms with Gasteiger partial charge >= 0.3 is 0 Å². The van der Waals surface area contributed by atoms with Crippen LogP contribution in [0.2, 0.25) is 0 Å². The number of benzene rings is 1. The van der Waals surface area contributed by atoms with E-state index in [4.69, 9.17) is 4.74 Å². The molecule has 4 aliphatic rings. The Morgan fingerprint density at radius 3 is 2.03 bits per heavy atom. The standard InChI is InChI=1S/C26H35O2P/c1-28-24-15-9-8-14-23(24)25-19-16-17-20(18-19)26(25)29(27,21-10-4-2-5-11-21)22-12-6-3-7-13-22/h8-9,14-17,19-22H,2-7,10-13,18H2,1H3. The highest BCUT2D eigenvalue weighted by molar-refractivity contribution is 7.69. The van der Waals surface area contributed by atoms with E-state index in [2.05, 4.69) is 30.4 Å². The molecule has 0 heterocycles. The molecule has 4 aliphatic carbocycles. The van der Waals surface area contributed by atoms with Crippen molar-refractivity contribution < 1.29 is 9.30 Å². The highest BCUT2D eigenvalue weighted by Gasteiger charge is 2.51. The zero-order valence-electron chi connectivity index (χ0n) is 17.8. The summed E-state index contributed by atoms with van der Waals surface area (Å²) >= 11 is 0. The lowest BCUT2D eigenvalue weighted by atomic mass is 9.94. The van der Waals surface area contributed by atoms with Crippen LogP contribution in [0, 0.1) is 11.8 Å². The SMILES string of the molecule is COc1ccccc1C1=C(P(=O)(C2CCCCC2)C2CCCCC2)C2C=CC1C2. The zero-order chi connectivity index (χ0) is 19.8. The van der Waals surface area contributed by atoms with Crippen LogP contribution in [0.25, 0.3) is 5.57 Å². The van der Waals surface area contributed by atoms with Gasteiger partial charge in [0.1, 0.15) is 12.9 Å². The van der Waals surface area contributed by atoms with E-state index < -0.39 is 7.14 Å². The predicted octanol–water partition coefficient (Wildman–Crippen LogP) is 7.64. The topological polar surface area (TPSA) is 26.3 Å². The number of hydrogen-bond donors (Lipinski definition) is 0. The van der Waals surface area contributed by atoms with E-state index in [0.29, 0.717) is 23.2 Å². The van der Waals surface area contributed by atoms with Crippen LogP contribution in [0.4, 0.5) is 0 Å². The van der Waals surface area contributed by atoms with Crippen molar-refractivity contribution in [2.24, 2.45) is 11.8 Å². The van der Waals surface area contributed by atoms with Crippen molar-refractivity contribution in [3.63, 3.8) is 0 Å². The second kappa shape index (κ2) is 8.10. The second-order valence-electron chi connectivity index (χ2n) is 9.63. The van der Waals surface area contributed by atoms with E-state index in [1.807, 2.05) is 6.07 Å². The van der Waals surface area contributed by atoms with Crippen LogP contribution in [-0.4, -0.2) is 18.4 Å². The summed E-state index contributed by atoms with van der Waals surface area (Å²) in [6.07, 6.45) is 18.3. The molecule has 3 heteroatoms. The molecule has 0 N–H and O–H groups in total. The quantitative estimate of drug-likeness (QED) is 0.368. The van der Waals surface area contributed by atoms with Gasteiger partial charge in [0.25, 0.3) is 0 Å². The summed E-state index contributed by atoms with van der Waals surface area (Å²) in [6.45, 7) is 0. The molecule has 5 rings (SSSR count). The number of rotatable bonds is 5. The van der Waals surface area contributed by atoms with E-state index in [9.17, 15) is 0 Å². The molecule has 2 fully saturated rings. The summed E-state index contributed by atoms with van der Waals surface area (Å²) in [4.78, 5) is 0. The fourth-order valence-corrected chi connectivity index (χ4v) is 11.8. The summed E-state index contributed by atoms with van der Waals surface area (Å²) in [7, 11) is -0.671. The predicted molar refractivity (Wildman–Crippen MR) is 122 cm³/mol. The van der Waals surface area contributed by atoms with Gasteiger partial charge in [-0.3, -0.25) is 0 Å². The van der Waals surface area contributed by atoms with Crippen molar-refractivity contribution in [3.05, 3.63) is 47.3 Å². The second-order valence-corrected chi connectivity index (χ2v) is 13.0. The van der Waals surface area contributed by atoms with Gasteiger partial charge in [-0.05, 0) is 43.7 Å². The number of methoxy groups -OCH3 is 1. The summed E-state index contributed by atoms with van der Waals surface area (Å²) in [5.41, 5.74) is 3.43. The minimum absolute atomic E-state index is 0.398. The largest absolute Gasteiger partial charge is 0.496 e. The molecule has 156 valence electrons. The van der Waals surface area contributed by atoms with Crippen LogP contribution >= 0.6 is 7.14 Å². The molecule has 0 spiro atoms. The van der Waals surface area contributed by atoms with Gasteiger partial charge in [0.2, 0.25) is 0 Å². The summed E-state index contributed by atoms with van der Waals surface area (Å²) in [5.74, 6) is 1.76. The minimum Gasteiger partial charge on any atom is -0.496 e. The lowest BCUT2D eigenvalue weighted by Crippen LogP contribution is -2.26. The van der Waals surface area contributed by atoms with Gasteiger partial charge in [0, 0.05) is 34.0 Å². The summed E-state index contributed by atoms with van der Waals surface area (Å²) < 4.78 is 21.1. The third kappa shape index (κ3) is 3.27. The third-order valence-corrected chi connectivity index (χ3v) is 12.6. The summed E-state index contributed by atoms with van der Waals surface area (Å²) in [6, 6.07) is 8.44. The van der Waals surface area contributed by atoms with Gasteiger partial charge in [-0.2, -0.15) is 0 Å². The van der Waals surface area contributed by atoms with E-state index in [1.54, 1.807) is 7.11 Å². The molecule has 1 aromatic rings. The van der Waals surface area contributed by atoms with Gasteiger partial charge in [-0.15, -0.1) is 0 Å². The van der Waals surface area contributed by atoms with Crippen LogP contribution in [0.1, 0.15) is 76.2 Å². The number of hydrogen-bond acceptors (Lipinski definition) is 2. The smallest absolute Gasteiger partial charge is 0.126 e. The van der Waals surface area contributed by atoms with Crippen molar-refractivity contribution in [3.8, 4) is 5.75 Å². The molecular weight excluding hydrogens is 375 g/mol. The maximum Gasteiger partial charge on any atom is 0.126 e. The molecule has 29 heavy (non-hydrogen) atoms. The normalized spacial score (nSPS) is 28.3. The Kier molecular flexibility index (Phi) is 5.50.